The van der Waals surface area contributed by atoms with Crippen molar-refractivity contribution in [1.29, 1.82) is 0 Å². The maximum Gasteiger partial charge on any atom is 0.180 e. The zero-order chi connectivity index (χ0) is 11.2. The summed E-state index contributed by atoms with van der Waals surface area (Å²) in [5.41, 5.74) is 0.837. The highest BCUT2D eigenvalue weighted by Crippen LogP contribution is 2.37. The molecule has 3 aliphatic rings. The predicted octanol–water partition coefficient (Wildman–Crippen LogP) is 1.50. The molecule has 2 aromatic rings. The zero-order valence-corrected chi connectivity index (χ0v) is 9.66. The monoisotopic (exact) mass is 229 g/mol. The van der Waals surface area contributed by atoms with Crippen LogP contribution in [0.5, 0.6) is 0 Å². The highest BCUT2D eigenvalue weighted by molar-refractivity contribution is 5.49. The van der Waals surface area contributed by atoms with Crippen LogP contribution in [0.25, 0.3) is 5.65 Å². The average Bonchev–Trinajstić information content (AvgIpc) is 2.88. The molecule has 0 spiro atoms. The molecular formula is C12H15N5. The number of piperidine rings is 2. The molecule has 0 N–H and O–H groups in total. The summed E-state index contributed by atoms with van der Waals surface area (Å²) < 4.78 is 2.05. The molecule has 1 saturated carbocycles. The third-order valence-electron chi connectivity index (χ3n) is 4.21. The van der Waals surface area contributed by atoms with Crippen molar-refractivity contribution in [3.8, 4) is 0 Å². The molecule has 88 valence electrons. The molecule has 0 amide bonds. The van der Waals surface area contributed by atoms with Crippen LogP contribution in [0.15, 0.2) is 18.7 Å². The fraction of sp³-hybridized carbons (Fsp3) is 0.583. The first-order valence-corrected chi connectivity index (χ1v) is 6.32. The fourth-order valence-electron chi connectivity index (χ4n) is 3.30. The number of fused-ring (bicyclic) bond motifs is 4. The SMILES string of the molecule is c1ncc2nncn2c1N1CC2CCC1CC2. The summed E-state index contributed by atoms with van der Waals surface area (Å²) in [5, 5.41) is 8.03. The average molecular weight is 229 g/mol. The van der Waals surface area contributed by atoms with Gasteiger partial charge in [0.25, 0.3) is 0 Å². The summed E-state index contributed by atoms with van der Waals surface area (Å²) in [6, 6.07) is 0.690. The van der Waals surface area contributed by atoms with E-state index in [1.54, 1.807) is 12.5 Å². The lowest BCUT2D eigenvalue weighted by atomic mass is 9.80. The van der Waals surface area contributed by atoms with Gasteiger partial charge in [-0.1, -0.05) is 0 Å². The molecule has 2 saturated heterocycles. The Labute approximate surface area is 99.5 Å². The Kier molecular flexibility index (Phi) is 1.89. The number of aromatic nitrogens is 4. The molecule has 3 fully saturated rings. The molecule has 5 nitrogen and oxygen atoms in total. The van der Waals surface area contributed by atoms with E-state index in [0.29, 0.717) is 6.04 Å². The van der Waals surface area contributed by atoms with Crippen LogP contribution in [0.1, 0.15) is 25.7 Å². The summed E-state index contributed by atoms with van der Waals surface area (Å²) in [6.07, 6.45) is 10.9. The number of nitrogens with zero attached hydrogens (tertiary/aromatic N) is 5. The second kappa shape index (κ2) is 3.42. The van der Waals surface area contributed by atoms with E-state index < -0.39 is 0 Å². The van der Waals surface area contributed by atoms with E-state index in [0.717, 1.165) is 17.4 Å². The lowest BCUT2D eigenvalue weighted by Crippen LogP contribution is -2.48. The molecule has 0 radical (unpaired) electrons. The molecule has 0 atom stereocenters. The van der Waals surface area contributed by atoms with Crippen LogP contribution >= 0.6 is 0 Å². The molecular weight excluding hydrogens is 214 g/mol. The van der Waals surface area contributed by atoms with Crippen molar-refractivity contribution in [1.82, 2.24) is 19.6 Å². The van der Waals surface area contributed by atoms with Crippen molar-refractivity contribution in [2.75, 3.05) is 11.4 Å². The van der Waals surface area contributed by atoms with E-state index in [2.05, 4.69) is 20.1 Å². The van der Waals surface area contributed by atoms with E-state index in [-0.39, 0.29) is 0 Å². The maximum absolute atomic E-state index is 4.28. The third kappa shape index (κ3) is 1.34. The molecule has 5 heteroatoms. The minimum absolute atomic E-state index is 0.690. The van der Waals surface area contributed by atoms with Crippen LogP contribution in [-0.2, 0) is 0 Å². The maximum atomic E-state index is 4.28. The van der Waals surface area contributed by atoms with E-state index in [1.165, 1.54) is 32.2 Å². The van der Waals surface area contributed by atoms with Gasteiger partial charge in [-0.05, 0) is 31.6 Å². The first-order valence-electron chi connectivity index (χ1n) is 6.32. The van der Waals surface area contributed by atoms with Crippen molar-refractivity contribution in [3.63, 3.8) is 0 Å². The van der Waals surface area contributed by atoms with Crippen molar-refractivity contribution < 1.29 is 0 Å². The molecule has 4 heterocycles. The van der Waals surface area contributed by atoms with Crippen LogP contribution in [0.3, 0.4) is 0 Å². The number of hydrogen-bond acceptors (Lipinski definition) is 4. The Morgan fingerprint density at radius 1 is 1.12 bits per heavy atom. The highest BCUT2D eigenvalue weighted by Gasteiger charge is 2.34. The first kappa shape index (κ1) is 9.39. The van der Waals surface area contributed by atoms with Gasteiger partial charge in [0, 0.05) is 12.6 Å². The number of rotatable bonds is 1. The summed E-state index contributed by atoms with van der Waals surface area (Å²) in [6.45, 7) is 1.17. The minimum Gasteiger partial charge on any atom is -0.353 e. The lowest BCUT2D eigenvalue weighted by Gasteiger charge is -2.46. The Balaban J connectivity index is 1.81. The van der Waals surface area contributed by atoms with Gasteiger partial charge in [0.15, 0.2) is 5.65 Å². The van der Waals surface area contributed by atoms with Crippen LogP contribution in [-0.4, -0.2) is 32.2 Å². The molecule has 2 bridgehead atoms. The molecule has 1 aliphatic carbocycles. The van der Waals surface area contributed by atoms with Crippen LogP contribution < -0.4 is 4.90 Å². The standard InChI is InChI=1S/C12H15N5/c1-3-10-4-2-9(1)7-16(10)12-6-13-5-11-15-14-8-17(11)12/h5-6,8-10H,1-4,7H2. The smallest absolute Gasteiger partial charge is 0.180 e. The van der Waals surface area contributed by atoms with Crippen LogP contribution in [0.2, 0.25) is 0 Å². The van der Waals surface area contributed by atoms with Gasteiger partial charge >= 0.3 is 0 Å². The normalized spacial score (nSPS) is 27.9. The van der Waals surface area contributed by atoms with E-state index in [9.17, 15) is 0 Å². The Bertz CT molecular complexity index is 541. The number of hydrogen-bond donors (Lipinski definition) is 0. The van der Waals surface area contributed by atoms with Gasteiger partial charge in [-0.3, -0.25) is 9.38 Å². The van der Waals surface area contributed by atoms with Gasteiger partial charge in [0.05, 0.1) is 12.4 Å². The molecule has 17 heavy (non-hydrogen) atoms. The molecule has 0 unspecified atom stereocenters. The van der Waals surface area contributed by atoms with Crippen molar-refractivity contribution in [2.24, 2.45) is 5.92 Å². The fourth-order valence-corrected chi connectivity index (χ4v) is 3.30. The van der Waals surface area contributed by atoms with Crippen LogP contribution in [0.4, 0.5) is 5.82 Å². The third-order valence-corrected chi connectivity index (χ3v) is 4.21. The van der Waals surface area contributed by atoms with Gasteiger partial charge in [-0.2, -0.15) is 0 Å². The van der Waals surface area contributed by atoms with Crippen molar-refractivity contribution in [2.45, 2.75) is 31.7 Å². The zero-order valence-electron chi connectivity index (χ0n) is 9.66. The summed E-state index contributed by atoms with van der Waals surface area (Å²) in [4.78, 5) is 6.78. The van der Waals surface area contributed by atoms with Gasteiger partial charge in [0.2, 0.25) is 0 Å². The molecule has 2 aromatic heterocycles. The second-order valence-electron chi connectivity index (χ2n) is 5.15. The summed E-state index contributed by atoms with van der Waals surface area (Å²) in [5.74, 6) is 2.02. The highest BCUT2D eigenvalue weighted by atomic mass is 15.3. The van der Waals surface area contributed by atoms with E-state index >= 15 is 0 Å². The summed E-state index contributed by atoms with van der Waals surface area (Å²) in [7, 11) is 0. The van der Waals surface area contributed by atoms with Crippen molar-refractivity contribution in [3.05, 3.63) is 18.7 Å². The molecule has 2 aliphatic heterocycles. The summed E-state index contributed by atoms with van der Waals surface area (Å²) >= 11 is 0. The Morgan fingerprint density at radius 2 is 2.00 bits per heavy atom. The van der Waals surface area contributed by atoms with Crippen molar-refractivity contribution >= 4 is 11.5 Å². The Hall–Kier alpha value is -1.65. The van der Waals surface area contributed by atoms with E-state index in [4.69, 9.17) is 0 Å². The van der Waals surface area contributed by atoms with Gasteiger partial charge in [-0.15, -0.1) is 10.2 Å². The minimum atomic E-state index is 0.690. The largest absolute Gasteiger partial charge is 0.353 e. The molecule has 0 aromatic carbocycles. The predicted molar refractivity (Wildman–Crippen MR) is 63.9 cm³/mol. The number of anilines is 1. The second-order valence-corrected chi connectivity index (χ2v) is 5.15. The van der Waals surface area contributed by atoms with Gasteiger partial charge in [-0.25, -0.2) is 0 Å². The van der Waals surface area contributed by atoms with Gasteiger partial charge < -0.3 is 4.90 Å². The van der Waals surface area contributed by atoms with E-state index in [1.807, 2.05) is 10.6 Å². The van der Waals surface area contributed by atoms with Crippen LogP contribution in [0, 0.1) is 5.92 Å². The first-order chi connectivity index (χ1) is 8.42. The lowest BCUT2D eigenvalue weighted by molar-refractivity contribution is 0.250. The quantitative estimate of drug-likeness (QED) is 0.743. The topological polar surface area (TPSA) is 46.3 Å². The Morgan fingerprint density at radius 3 is 2.76 bits per heavy atom. The van der Waals surface area contributed by atoms with Gasteiger partial charge in [0.1, 0.15) is 12.1 Å². The molecule has 5 rings (SSSR count).